The van der Waals surface area contributed by atoms with Crippen molar-refractivity contribution in [3.05, 3.63) is 0 Å². The van der Waals surface area contributed by atoms with E-state index in [1.807, 2.05) is 0 Å². The maximum Gasteiger partial charge on any atom is 0.307 e. The lowest BCUT2D eigenvalue weighted by Crippen LogP contribution is -2.31. The van der Waals surface area contributed by atoms with Crippen molar-refractivity contribution in [3.8, 4) is 0 Å². The van der Waals surface area contributed by atoms with Crippen LogP contribution in [0.3, 0.4) is 0 Å². The maximum atomic E-state index is 11.8. The van der Waals surface area contributed by atoms with Crippen LogP contribution >= 0.6 is 0 Å². The number of carboxylic acid groups (broad SMARTS) is 1. The third-order valence-electron chi connectivity index (χ3n) is 3.75. The minimum atomic E-state index is -0.965. The van der Waals surface area contributed by atoms with Crippen molar-refractivity contribution in [3.63, 3.8) is 0 Å². The van der Waals surface area contributed by atoms with Gasteiger partial charge in [-0.3, -0.25) is 9.59 Å². The van der Waals surface area contributed by atoms with Gasteiger partial charge in [0.25, 0.3) is 0 Å². The summed E-state index contributed by atoms with van der Waals surface area (Å²) in [6, 6.07) is 0. The average molecular weight is 284 g/mol. The molecule has 0 bridgehead atoms. The van der Waals surface area contributed by atoms with Crippen molar-refractivity contribution in [2.45, 2.75) is 59.0 Å². The summed E-state index contributed by atoms with van der Waals surface area (Å²) in [7, 11) is 0. The van der Waals surface area contributed by atoms with Gasteiger partial charge >= 0.3 is 11.9 Å². The summed E-state index contributed by atoms with van der Waals surface area (Å²) in [5.74, 6) is -1.79. The molecule has 0 saturated heterocycles. The zero-order chi connectivity index (χ0) is 15.3. The van der Waals surface area contributed by atoms with Crippen molar-refractivity contribution in [2.75, 3.05) is 0 Å². The third kappa shape index (κ3) is 5.31. The number of esters is 1. The van der Waals surface area contributed by atoms with E-state index < -0.39 is 23.3 Å². The molecule has 0 aromatic rings. The van der Waals surface area contributed by atoms with Crippen LogP contribution in [0.5, 0.6) is 0 Å². The van der Waals surface area contributed by atoms with Crippen molar-refractivity contribution in [1.82, 2.24) is 0 Å². The van der Waals surface area contributed by atoms with E-state index in [1.165, 1.54) is 0 Å². The minimum Gasteiger partial charge on any atom is -0.481 e. The quantitative estimate of drug-likeness (QED) is 0.420. The Morgan fingerprint density at radius 3 is 2.55 bits per heavy atom. The molecule has 0 amide bonds. The van der Waals surface area contributed by atoms with E-state index in [9.17, 15) is 14.4 Å². The number of hydrogen-bond acceptors (Lipinski definition) is 4. The summed E-state index contributed by atoms with van der Waals surface area (Å²) >= 11 is 0. The first-order valence-electron chi connectivity index (χ1n) is 7.11. The second kappa shape index (κ2) is 6.86. The standard InChI is InChI=1S/C15H24O5/c1-15(2,3)11(14(18)19)9-13(17)20-12-8-10(12)6-4-5-7-16/h7,10-12H,4-6,8-9H2,1-3H3,(H,18,19)/t10-,11-,12-/m1/s1. The van der Waals surface area contributed by atoms with E-state index in [0.717, 1.165) is 25.5 Å². The molecule has 1 fully saturated rings. The fourth-order valence-electron chi connectivity index (χ4n) is 2.28. The SMILES string of the molecule is CC(C)(C)[C@H](CC(=O)O[C@@H]1C[C@H]1CCCC=O)C(=O)O. The Labute approximate surface area is 119 Å². The van der Waals surface area contributed by atoms with Gasteiger partial charge in [0.1, 0.15) is 12.4 Å². The molecule has 1 aliphatic rings. The number of rotatable bonds is 8. The fourth-order valence-corrected chi connectivity index (χ4v) is 2.28. The molecule has 114 valence electrons. The van der Waals surface area contributed by atoms with Crippen LogP contribution in [0, 0.1) is 17.3 Å². The minimum absolute atomic E-state index is 0.0800. The molecule has 0 radical (unpaired) electrons. The highest BCUT2D eigenvalue weighted by atomic mass is 16.5. The van der Waals surface area contributed by atoms with Crippen LogP contribution in [0.1, 0.15) is 52.9 Å². The third-order valence-corrected chi connectivity index (χ3v) is 3.75. The van der Waals surface area contributed by atoms with Gasteiger partial charge in [-0.1, -0.05) is 20.8 Å². The number of carbonyl (C=O) groups is 3. The molecule has 0 aromatic carbocycles. The van der Waals surface area contributed by atoms with E-state index >= 15 is 0 Å². The highest BCUT2D eigenvalue weighted by Gasteiger charge is 2.41. The van der Waals surface area contributed by atoms with Gasteiger partial charge in [-0.25, -0.2) is 0 Å². The molecule has 20 heavy (non-hydrogen) atoms. The Hall–Kier alpha value is -1.39. The summed E-state index contributed by atoms with van der Waals surface area (Å²) < 4.78 is 5.29. The first kappa shape index (κ1) is 16.7. The van der Waals surface area contributed by atoms with Gasteiger partial charge in [-0.2, -0.15) is 0 Å². The van der Waals surface area contributed by atoms with Crippen LogP contribution in [0.2, 0.25) is 0 Å². The van der Waals surface area contributed by atoms with E-state index in [0.29, 0.717) is 12.3 Å². The molecule has 0 spiro atoms. The van der Waals surface area contributed by atoms with E-state index in [-0.39, 0.29) is 12.5 Å². The lowest BCUT2D eigenvalue weighted by molar-refractivity contribution is -0.156. The average Bonchev–Trinajstić information content (AvgIpc) is 3.03. The van der Waals surface area contributed by atoms with Gasteiger partial charge in [-0.05, 0) is 30.6 Å². The van der Waals surface area contributed by atoms with Crippen LogP contribution in [0.4, 0.5) is 0 Å². The van der Waals surface area contributed by atoms with Gasteiger partial charge in [0, 0.05) is 6.42 Å². The molecule has 5 heteroatoms. The predicted molar refractivity (Wildman–Crippen MR) is 73.1 cm³/mol. The maximum absolute atomic E-state index is 11.8. The van der Waals surface area contributed by atoms with Crippen molar-refractivity contribution >= 4 is 18.2 Å². The normalized spacial score (nSPS) is 22.9. The molecule has 0 aliphatic heterocycles. The Balaban J connectivity index is 2.34. The smallest absolute Gasteiger partial charge is 0.307 e. The Kier molecular flexibility index (Phi) is 5.72. The Morgan fingerprint density at radius 2 is 2.05 bits per heavy atom. The fraction of sp³-hybridized carbons (Fsp3) is 0.800. The lowest BCUT2D eigenvalue weighted by atomic mass is 9.79. The topological polar surface area (TPSA) is 80.7 Å². The summed E-state index contributed by atoms with van der Waals surface area (Å²) in [5.41, 5.74) is -0.474. The highest BCUT2D eigenvalue weighted by molar-refractivity contribution is 5.79. The summed E-state index contributed by atoms with van der Waals surface area (Å²) in [6.07, 6.45) is 3.81. The lowest BCUT2D eigenvalue weighted by Gasteiger charge is -2.26. The molecule has 3 atom stereocenters. The monoisotopic (exact) mass is 284 g/mol. The van der Waals surface area contributed by atoms with Crippen molar-refractivity contribution in [1.29, 1.82) is 0 Å². The molecule has 0 unspecified atom stereocenters. The molecule has 5 nitrogen and oxygen atoms in total. The van der Waals surface area contributed by atoms with Gasteiger partial charge in [0.15, 0.2) is 0 Å². The number of unbranched alkanes of at least 4 members (excludes halogenated alkanes) is 1. The molecule has 1 N–H and O–H groups in total. The van der Waals surface area contributed by atoms with Crippen molar-refractivity contribution in [2.24, 2.45) is 17.3 Å². The number of hydrogen-bond donors (Lipinski definition) is 1. The van der Waals surface area contributed by atoms with Crippen LogP contribution in [-0.2, 0) is 19.1 Å². The van der Waals surface area contributed by atoms with Crippen LogP contribution < -0.4 is 0 Å². The second-order valence-electron chi connectivity index (χ2n) is 6.58. The molecular weight excluding hydrogens is 260 g/mol. The van der Waals surface area contributed by atoms with Crippen LogP contribution in [-0.4, -0.2) is 29.4 Å². The second-order valence-corrected chi connectivity index (χ2v) is 6.58. The zero-order valence-corrected chi connectivity index (χ0v) is 12.4. The molecule has 1 saturated carbocycles. The summed E-state index contributed by atoms with van der Waals surface area (Å²) in [6.45, 7) is 5.41. The Bertz CT molecular complexity index is 369. The van der Waals surface area contributed by atoms with Crippen LogP contribution in [0.25, 0.3) is 0 Å². The number of carbonyl (C=O) groups excluding carboxylic acids is 2. The molecule has 0 heterocycles. The highest BCUT2D eigenvalue weighted by Crippen LogP contribution is 2.39. The molecule has 1 rings (SSSR count). The number of aliphatic carboxylic acids is 1. The first-order valence-corrected chi connectivity index (χ1v) is 7.11. The number of carboxylic acids is 1. The zero-order valence-electron chi connectivity index (χ0n) is 12.4. The van der Waals surface area contributed by atoms with Gasteiger partial charge in [-0.15, -0.1) is 0 Å². The Morgan fingerprint density at radius 1 is 1.40 bits per heavy atom. The first-order chi connectivity index (χ1) is 9.25. The largest absolute Gasteiger partial charge is 0.481 e. The number of ether oxygens (including phenoxy) is 1. The van der Waals surface area contributed by atoms with Crippen molar-refractivity contribution < 1.29 is 24.2 Å². The van der Waals surface area contributed by atoms with Gasteiger partial charge in [0.05, 0.1) is 12.3 Å². The molecule has 0 aromatic heterocycles. The van der Waals surface area contributed by atoms with Crippen LogP contribution in [0.15, 0.2) is 0 Å². The summed E-state index contributed by atoms with van der Waals surface area (Å²) in [5, 5.41) is 9.16. The summed E-state index contributed by atoms with van der Waals surface area (Å²) in [4.78, 5) is 33.2. The van der Waals surface area contributed by atoms with E-state index in [1.54, 1.807) is 20.8 Å². The van der Waals surface area contributed by atoms with E-state index in [4.69, 9.17) is 9.84 Å². The molecule has 1 aliphatic carbocycles. The van der Waals surface area contributed by atoms with Gasteiger partial charge in [0.2, 0.25) is 0 Å². The predicted octanol–water partition coefficient (Wildman–Crippen LogP) is 2.42. The van der Waals surface area contributed by atoms with Gasteiger partial charge < -0.3 is 14.6 Å². The van der Waals surface area contributed by atoms with E-state index in [2.05, 4.69) is 0 Å². The number of aldehydes is 1. The molecular formula is C15H24O5.